The van der Waals surface area contributed by atoms with E-state index in [1.54, 1.807) is 13.3 Å². The van der Waals surface area contributed by atoms with Crippen molar-refractivity contribution in [3.05, 3.63) is 59.7 Å². The number of amides is 1. The average molecular weight is 380 g/mol. The van der Waals surface area contributed by atoms with Crippen LogP contribution in [-0.2, 0) is 0 Å². The molecule has 3 heterocycles. The number of piperazine rings is 1. The number of thiazole rings is 1. The molecule has 4 rings (SSSR count). The Bertz CT molecular complexity index is 920. The van der Waals surface area contributed by atoms with E-state index in [1.165, 1.54) is 11.3 Å². The van der Waals surface area contributed by atoms with E-state index in [0.717, 1.165) is 35.2 Å². The number of pyridine rings is 1. The molecule has 1 amide bonds. The lowest BCUT2D eigenvalue weighted by Gasteiger charge is -2.36. The molecule has 0 aliphatic carbocycles. The van der Waals surface area contributed by atoms with Crippen molar-refractivity contribution in [1.82, 2.24) is 14.9 Å². The first-order chi connectivity index (χ1) is 13.3. The van der Waals surface area contributed by atoms with Crippen LogP contribution in [0.1, 0.15) is 10.5 Å². The summed E-state index contributed by atoms with van der Waals surface area (Å²) in [6.45, 7) is 2.85. The highest BCUT2D eigenvalue weighted by atomic mass is 32.1. The second-order valence-corrected chi connectivity index (χ2v) is 7.06. The normalized spacial score (nSPS) is 14.3. The van der Waals surface area contributed by atoms with Crippen molar-refractivity contribution in [2.45, 2.75) is 0 Å². The minimum absolute atomic E-state index is 0.0203. The van der Waals surface area contributed by atoms with E-state index >= 15 is 0 Å². The second-order valence-electron chi connectivity index (χ2n) is 6.20. The van der Waals surface area contributed by atoms with Gasteiger partial charge in [0.2, 0.25) is 0 Å². The zero-order chi connectivity index (χ0) is 18.6. The number of rotatable bonds is 4. The zero-order valence-electron chi connectivity index (χ0n) is 15.0. The Kier molecular flexibility index (Phi) is 5.02. The molecule has 1 aliphatic rings. The van der Waals surface area contributed by atoms with Crippen LogP contribution >= 0.6 is 11.3 Å². The predicted molar refractivity (Wildman–Crippen MR) is 106 cm³/mol. The van der Waals surface area contributed by atoms with Crippen molar-refractivity contribution >= 4 is 22.9 Å². The number of hydrogen-bond acceptors (Lipinski definition) is 6. The molecule has 1 aliphatic heterocycles. The highest BCUT2D eigenvalue weighted by Gasteiger charge is 2.25. The molecule has 0 unspecified atom stereocenters. The summed E-state index contributed by atoms with van der Waals surface area (Å²) in [6.07, 6.45) is 1.73. The van der Waals surface area contributed by atoms with Gasteiger partial charge in [-0.15, -0.1) is 11.3 Å². The van der Waals surface area contributed by atoms with Gasteiger partial charge in [-0.25, -0.2) is 4.98 Å². The number of carbonyl (C=O) groups excluding carboxylic acids is 1. The monoisotopic (exact) mass is 380 g/mol. The number of hydrogen-bond donors (Lipinski definition) is 0. The molecule has 0 N–H and O–H groups in total. The summed E-state index contributed by atoms with van der Waals surface area (Å²) in [5.41, 5.74) is 2.35. The average Bonchev–Trinajstić information content (AvgIpc) is 3.24. The van der Waals surface area contributed by atoms with Gasteiger partial charge in [0, 0.05) is 37.8 Å². The molecule has 0 spiro atoms. The van der Waals surface area contributed by atoms with Gasteiger partial charge in [0.1, 0.15) is 16.5 Å². The highest BCUT2D eigenvalue weighted by molar-refractivity contribution is 7.13. The Morgan fingerprint density at radius 1 is 1.07 bits per heavy atom. The minimum Gasteiger partial charge on any atom is -0.495 e. The number of ether oxygens (including phenoxy) is 1. The fourth-order valence-electron chi connectivity index (χ4n) is 3.18. The SMILES string of the molecule is COc1ccccc1N1CCN(C(=O)c2csc(-c3ccccn3)n2)CC1. The van der Waals surface area contributed by atoms with Crippen LogP contribution in [0, 0.1) is 0 Å². The Morgan fingerprint density at radius 3 is 2.59 bits per heavy atom. The van der Waals surface area contributed by atoms with Gasteiger partial charge in [-0.2, -0.15) is 0 Å². The Morgan fingerprint density at radius 2 is 1.85 bits per heavy atom. The first-order valence-corrected chi connectivity index (χ1v) is 9.68. The lowest BCUT2D eigenvalue weighted by Crippen LogP contribution is -2.49. The van der Waals surface area contributed by atoms with Crippen molar-refractivity contribution in [3.8, 4) is 16.5 Å². The van der Waals surface area contributed by atoms with Gasteiger partial charge in [-0.1, -0.05) is 18.2 Å². The molecule has 1 saturated heterocycles. The van der Waals surface area contributed by atoms with Gasteiger partial charge in [-0.3, -0.25) is 9.78 Å². The van der Waals surface area contributed by atoms with Crippen molar-refractivity contribution in [3.63, 3.8) is 0 Å². The van der Waals surface area contributed by atoms with Gasteiger partial charge >= 0.3 is 0 Å². The topological polar surface area (TPSA) is 58.6 Å². The molecule has 2 aromatic heterocycles. The molecule has 1 fully saturated rings. The van der Waals surface area contributed by atoms with E-state index in [4.69, 9.17) is 4.74 Å². The van der Waals surface area contributed by atoms with Gasteiger partial charge < -0.3 is 14.5 Å². The lowest BCUT2D eigenvalue weighted by molar-refractivity contribution is 0.0741. The Labute approximate surface area is 162 Å². The molecule has 0 radical (unpaired) electrons. The molecule has 0 atom stereocenters. The number of methoxy groups -OCH3 is 1. The van der Waals surface area contributed by atoms with E-state index in [9.17, 15) is 4.79 Å². The van der Waals surface area contributed by atoms with Gasteiger partial charge in [-0.05, 0) is 24.3 Å². The lowest BCUT2D eigenvalue weighted by atomic mass is 10.2. The first-order valence-electron chi connectivity index (χ1n) is 8.80. The molecular formula is C20H20N4O2S. The smallest absolute Gasteiger partial charge is 0.273 e. The second kappa shape index (κ2) is 7.75. The van der Waals surface area contributed by atoms with Crippen LogP contribution in [0.5, 0.6) is 5.75 Å². The van der Waals surface area contributed by atoms with Gasteiger partial charge in [0.15, 0.2) is 0 Å². The maximum Gasteiger partial charge on any atom is 0.273 e. The van der Waals surface area contributed by atoms with Crippen molar-refractivity contribution < 1.29 is 9.53 Å². The summed E-state index contributed by atoms with van der Waals surface area (Å²) >= 11 is 1.45. The summed E-state index contributed by atoms with van der Waals surface area (Å²) in [5, 5.41) is 2.59. The molecule has 3 aromatic rings. The molecule has 0 bridgehead atoms. The van der Waals surface area contributed by atoms with Crippen LogP contribution in [0.2, 0.25) is 0 Å². The summed E-state index contributed by atoms with van der Waals surface area (Å²) in [5.74, 6) is 0.838. The summed E-state index contributed by atoms with van der Waals surface area (Å²) < 4.78 is 5.45. The fourth-order valence-corrected chi connectivity index (χ4v) is 3.95. The third-order valence-electron chi connectivity index (χ3n) is 4.60. The minimum atomic E-state index is -0.0203. The number of benzene rings is 1. The fraction of sp³-hybridized carbons (Fsp3) is 0.250. The standard InChI is InChI=1S/C20H20N4O2S/c1-26-18-8-3-2-7-17(18)23-10-12-24(13-11-23)20(25)16-14-27-19(22-16)15-6-4-5-9-21-15/h2-9,14H,10-13H2,1H3. The first kappa shape index (κ1) is 17.5. The van der Waals surface area contributed by atoms with E-state index in [-0.39, 0.29) is 5.91 Å². The van der Waals surface area contributed by atoms with Crippen LogP contribution in [0.4, 0.5) is 5.69 Å². The highest BCUT2D eigenvalue weighted by Crippen LogP contribution is 2.29. The predicted octanol–water partition coefficient (Wildman–Crippen LogP) is 3.18. The van der Waals surface area contributed by atoms with Crippen LogP contribution in [-0.4, -0.2) is 54.1 Å². The third-order valence-corrected chi connectivity index (χ3v) is 5.46. The largest absolute Gasteiger partial charge is 0.495 e. The van der Waals surface area contributed by atoms with Crippen LogP contribution in [0.3, 0.4) is 0 Å². The van der Waals surface area contributed by atoms with Crippen molar-refractivity contribution in [2.24, 2.45) is 0 Å². The van der Waals surface area contributed by atoms with E-state index in [1.807, 2.05) is 46.7 Å². The van der Waals surface area contributed by atoms with Crippen molar-refractivity contribution in [2.75, 3.05) is 38.2 Å². The maximum atomic E-state index is 12.8. The number of anilines is 1. The van der Waals surface area contributed by atoms with Crippen LogP contribution < -0.4 is 9.64 Å². The molecule has 138 valence electrons. The number of carbonyl (C=O) groups is 1. The van der Waals surface area contributed by atoms with Crippen molar-refractivity contribution in [1.29, 1.82) is 0 Å². The molecular weight excluding hydrogens is 360 g/mol. The van der Waals surface area contributed by atoms with Gasteiger partial charge in [0.05, 0.1) is 18.5 Å². The zero-order valence-corrected chi connectivity index (χ0v) is 15.9. The summed E-state index contributed by atoms with van der Waals surface area (Å²) in [6, 6.07) is 13.7. The summed E-state index contributed by atoms with van der Waals surface area (Å²) in [4.78, 5) is 25.7. The molecule has 6 nitrogen and oxygen atoms in total. The number of nitrogens with zero attached hydrogens (tertiary/aromatic N) is 4. The van der Waals surface area contributed by atoms with E-state index in [2.05, 4.69) is 20.9 Å². The Balaban J connectivity index is 1.43. The third kappa shape index (κ3) is 3.64. The van der Waals surface area contributed by atoms with Gasteiger partial charge in [0.25, 0.3) is 5.91 Å². The quantitative estimate of drug-likeness (QED) is 0.696. The molecule has 7 heteroatoms. The molecule has 27 heavy (non-hydrogen) atoms. The van der Waals surface area contributed by atoms with Crippen LogP contribution in [0.15, 0.2) is 54.0 Å². The number of para-hydroxylation sites is 2. The Hall–Kier alpha value is -2.93. The summed E-state index contributed by atoms with van der Waals surface area (Å²) in [7, 11) is 1.68. The van der Waals surface area contributed by atoms with E-state index < -0.39 is 0 Å². The van der Waals surface area contributed by atoms with Crippen LogP contribution in [0.25, 0.3) is 10.7 Å². The molecule has 0 saturated carbocycles. The number of aromatic nitrogens is 2. The van der Waals surface area contributed by atoms with E-state index in [0.29, 0.717) is 18.8 Å². The molecule has 1 aromatic carbocycles. The maximum absolute atomic E-state index is 12.8.